The summed E-state index contributed by atoms with van der Waals surface area (Å²) >= 11 is 1.67. The molecule has 1 unspecified atom stereocenters. The van der Waals surface area contributed by atoms with Gasteiger partial charge in [0.15, 0.2) is 0 Å². The molecule has 3 aromatic rings. The molecular formula is C21H22N2O3S. The Kier molecular flexibility index (Phi) is 5.55. The number of likely N-dealkylation sites (tertiary alicyclic amines) is 1. The van der Waals surface area contributed by atoms with Crippen LogP contribution in [-0.2, 0) is 18.0 Å². The molecule has 0 spiro atoms. The predicted molar refractivity (Wildman–Crippen MR) is 106 cm³/mol. The number of nitrogens with one attached hydrogen (secondary N) is 1. The number of carbonyl (C=O) groups is 1. The van der Waals surface area contributed by atoms with Crippen molar-refractivity contribution in [3.63, 3.8) is 0 Å². The highest BCUT2D eigenvalue weighted by Crippen LogP contribution is 2.33. The van der Waals surface area contributed by atoms with Crippen molar-refractivity contribution >= 4 is 23.1 Å². The Morgan fingerprint density at radius 2 is 2.22 bits per heavy atom. The van der Waals surface area contributed by atoms with E-state index in [9.17, 15) is 4.79 Å². The van der Waals surface area contributed by atoms with E-state index in [0.29, 0.717) is 13.2 Å². The molecule has 3 heterocycles. The summed E-state index contributed by atoms with van der Waals surface area (Å²) in [6, 6.07) is 13.8. The molecule has 2 aromatic heterocycles. The third kappa shape index (κ3) is 4.40. The van der Waals surface area contributed by atoms with Crippen LogP contribution in [-0.4, -0.2) is 17.5 Å². The normalized spacial score (nSPS) is 16.6. The lowest BCUT2D eigenvalue weighted by molar-refractivity contribution is 0.0930. The van der Waals surface area contributed by atoms with Crippen molar-refractivity contribution < 1.29 is 13.9 Å². The number of hydrogen-bond donors (Lipinski definition) is 1. The maximum absolute atomic E-state index is 12.8. The molecule has 4 rings (SSSR count). The number of amides is 2. The Morgan fingerprint density at radius 3 is 3.04 bits per heavy atom. The molecular weight excluding hydrogens is 360 g/mol. The van der Waals surface area contributed by atoms with Crippen LogP contribution in [0.5, 0.6) is 0 Å². The van der Waals surface area contributed by atoms with Gasteiger partial charge in [-0.3, -0.25) is 0 Å². The monoisotopic (exact) mass is 382 g/mol. The van der Waals surface area contributed by atoms with Gasteiger partial charge in [-0.25, -0.2) is 4.79 Å². The van der Waals surface area contributed by atoms with Crippen molar-refractivity contribution in [1.29, 1.82) is 0 Å². The van der Waals surface area contributed by atoms with E-state index in [1.165, 1.54) is 5.56 Å². The van der Waals surface area contributed by atoms with E-state index in [4.69, 9.17) is 9.15 Å². The second-order valence-electron chi connectivity index (χ2n) is 6.61. The number of furan rings is 1. The summed E-state index contributed by atoms with van der Waals surface area (Å²) in [5.41, 5.74) is 3.03. The summed E-state index contributed by atoms with van der Waals surface area (Å²) in [7, 11) is 0. The first-order valence-electron chi connectivity index (χ1n) is 9.08. The zero-order valence-electron chi connectivity index (χ0n) is 15.0. The Bertz CT molecular complexity index is 861. The van der Waals surface area contributed by atoms with Crippen molar-refractivity contribution in [1.82, 2.24) is 4.90 Å². The highest BCUT2D eigenvalue weighted by atomic mass is 32.1. The lowest BCUT2D eigenvalue weighted by Gasteiger charge is -2.24. The van der Waals surface area contributed by atoms with Crippen molar-refractivity contribution in [2.45, 2.75) is 32.1 Å². The third-order valence-corrected chi connectivity index (χ3v) is 5.41. The van der Waals surface area contributed by atoms with Gasteiger partial charge in [-0.2, -0.15) is 11.3 Å². The first kappa shape index (κ1) is 17.8. The molecule has 1 fully saturated rings. The van der Waals surface area contributed by atoms with Crippen molar-refractivity contribution in [3.05, 3.63) is 76.4 Å². The largest absolute Gasteiger partial charge is 0.467 e. The number of carbonyl (C=O) groups excluding carboxylic acids is 1. The van der Waals surface area contributed by atoms with E-state index in [1.807, 2.05) is 41.3 Å². The fourth-order valence-electron chi connectivity index (χ4n) is 3.42. The van der Waals surface area contributed by atoms with Crippen LogP contribution >= 0.6 is 11.3 Å². The Hall–Kier alpha value is -2.57. The summed E-state index contributed by atoms with van der Waals surface area (Å²) in [4.78, 5) is 14.7. The average Bonchev–Trinajstić information content (AvgIpc) is 3.43. The van der Waals surface area contributed by atoms with Gasteiger partial charge in [0.1, 0.15) is 12.4 Å². The maximum atomic E-state index is 12.8. The van der Waals surface area contributed by atoms with E-state index in [2.05, 4.69) is 22.1 Å². The summed E-state index contributed by atoms with van der Waals surface area (Å²) in [6.07, 6.45) is 3.69. The molecule has 2 amide bonds. The molecule has 1 atom stereocenters. The van der Waals surface area contributed by atoms with E-state index in [-0.39, 0.29) is 12.1 Å². The molecule has 1 saturated heterocycles. The van der Waals surface area contributed by atoms with E-state index < -0.39 is 0 Å². The molecule has 0 saturated carbocycles. The fraction of sp³-hybridized carbons (Fsp3) is 0.286. The van der Waals surface area contributed by atoms with Gasteiger partial charge >= 0.3 is 6.03 Å². The number of nitrogens with zero attached hydrogens (tertiary/aromatic N) is 1. The highest BCUT2D eigenvalue weighted by Gasteiger charge is 2.30. The van der Waals surface area contributed by atoms with Crippen LogP contribution in [0.4, 0.5) is 10.5 Å². The number of benzene rings is 1. The lowest BCUT2D eigenvalue weighted by atomic mass is 10.1. The van der Waals surface area contributed by atoms with E-state index in [1.54, 1.807) is 17.6 Å². The van der Waals surface area contributed by atoms with E-state index in [0.717, 1.165) is 36.4 Å². The molecule has 1 aliphatic heterocycles. The number of urea groups is 1. The topological polar surface area (TPSA) is 54.7 Å². The molecule has 140 valence electrons. The number of rotatable bonds is 6. The van der Waals surface area contributed by atoms with Gasteiger partial charge < -0.3 is 19.4 Å². The van der Waals surface area contributed by atoms with Gasteiger partial charge in [-0.05, 0) is 65.1 Å². The standard InChI is InChI=1S/C21H22N2O3S/c24-21(23-9-2-7-20(23)17-8-11-27-15-17)22-18-5-1-4-16(12-18)13-25-14-19-6-3-10-26-19/h1,3-6,8,10-12,15,20H,2,7,9,13-14H2,(H,22,24). The second kappa shape index (κ2) is 8.41. The van der Waals surface area contributed by atoms with Gasteiger partial charge in [-0.15, -0.1) is 0 Å². The first-order valence-corrected chi connectivity index (χ1v) is 10.0. The zero-order chi connectivity index (χ0) is 18.5. The van der Waals surface area contributed by atoms with Crippen LogP contribution < -0.4 is 5.32 Å². The smallest absolute Gasteiger partial charge is 0.322 e. The van der Waals surface area contributed by atoms with Crippen molar-refractivity contribution in [3.8, 4) is 0 Å². The molecule has 0 bridgehead atoms. The van der Waals surface area contributed by atoms with Crippen LogP contribution in [0.3, 0.4) is 0 Å². The Morgan fingerprint density at radius 1 is 1.26 bits per heavy atom. The molecule has 1 aromatic carbocycles. The summed E-state index contributed by atoms with van der Waals surface area (Å²) in [5, 5.41) is 7.23. The minimum absolute atomic E-state index is 0.0441. The van der Waals surface area contributed by atoms with Crippen LogP contribution in [0, 0.1) is 0 Å². The number of ether oxygens (including phenoxy) is 1. The zero-order valence-corrected chi connectivity index (χ0v) is 15.8. The fourth-order valence-corrected chi connectivity index (χ4v) is 4.13. The number of anilines is 1. The van der Waals surface area contributed by atoms with Gasteiger partial charge in [0.2, 0.25) is 0 Å². The summed E-state index contributed by atoms with van der Waals surface area (Å²) in [5.74, 6) is 0.799. The van der Waals surface area contributed by atoms with E-state index >= 15 is 0 Å². The van der Waals surface area contributed by atoms with Gasteiger partial charge in [0, 0.05) is 12.2 Å². The molecule has 5 nitrogen and oxygen atoms in total. The SMILES string of the molecule is O=C(Nc1cccc(COCc2ccco2)c1)N1CCCC1c1ccsc1. The van der Waals surface area contributed by atoms with Gasteiger partial charge in [0.25, 0.3) is 0 Å². The predicted octanol–water partition coefficient (Wildman–Crippen LogP) is 5.43. The minimum Gasteiger partial charge on any atom is -0.467 e. The average molecular weight is 382 g/mol. The minimum atomic E-state index is -0.0441. The Labute approximate surface area is 162 Å². The van der Waals surface area contributed by atoms with Gasteiger partial charge in [-0.1, -0.05) is 12.1 Å². The lowest BCUT2D eigenvalue weighted by Crippen LogP contribution is -2.34. The molecule has 1 N–H and O–H groups in total. The number of thiophene rings is 1. The second-order valence-corrected chi connectivity index (χ2v) is 7.39. The molecule has 0 aliphatic carbocycles. The number of hydrogen-bond acceptors (Lipinski definition) is 4. The van der Waals surface area contributed by atoms with Gasteiger partial charge in [0.05, 0.1) is 18.9 Å². The quantitative estimate of drug-likeness (QED) is 0.619. The first-order chi connectivity index (χ1) is 13.3. The maximum Gasteiger partial charge on any atom is 0.322 e. The molecule has 27 heavy (non-hydrogen) atoms. The van der Waals surface area contributed by atoms with Crippen LogP contribution in [0.25, 0.3) is 0 Å². The van der Waals surface area contributed by atoms with Crippen LogP contribution in [0.1, 0.15) is 35.8 Å². The summed E-state index contributed by atoms with van der Waals surface area (Å²) in [6.45, 7) is 1.68. The molecule has 6 heteroatoms. The molecule has 1 aliphatic rings. The van der Waals surface area contributed by atoms with Crippen molar-refractivity contribution in [2.75, 3.05) is 11.9 Å². The third-order valence-electron chi connectivity index (χ3n) is 4.71. The van der Waals surface area contributed by atoms with Crippen molar-refractivity contribution in [2.24, 2.45) is 0 Å². The Balaban J connectivity index is 1.35. The summed E-state index contributed by atoms with van der Waals surface area (Å²) < 4.78 is 10.9. The molecule has 0 radical (unpaired) electrons. The highest BCUT2D eigenvalue weighted by molar-refractivity contribution is 7.08. The van der Waals surface area contributed by atoms with Crippen LogP contribution in [0.2, 0.25) is 0 Å². The van der Waals surface area contributed by atoms with Crippen LogP contribution in [0.15, 0.2) is 63.9 Å².